The van der Waals surface area contributed by atoms with Crippen LogP contribution in [0.4, 0.5) is 0 Å². The van der Waals surface area contributed by atoms with Crippen molar-refractivity contribution in [2.75, 3.05) is 33.4 Å². The van der Waals surface area contributed by atoms with Gasteiger partial charge in [-0.05, 0) is 31.9 Å². The van der Waals surface area contributed by atoms with E-state index in [0.717, 1.165) is 43.5 Å². The van der Waals surface area contributed by atoms with Crippen LogP contribution in [-0.4, -0.2) is 51.0 Å². The van der Waals surface area contributed by atoms with E-state index in [9.17, 15) is 0 Å². The lowest BCUT2D eigenvalue weighted by Gasteiger charge is -2.28. The van der Waals surface area contributed by atoms with E-state index in [4.69, 9.17) is 14.2 Å². The maximum atomic E-state index is 5.93. The van der Waals surface area contributed by atoms with Gasteiger partial charge in [0.2, 0.25) is 0 Å². The van der Waals surface area contributed by atoms with Crippen molar-refractivity contribution in [2.24, 2.45) is 4.99 Å². The van der Waals surface area contributed by atoms with Crippen LogP contribution in [0.15, 0.2) is 29.3 Å². The van der Waals surface area contributed by atoms with E-state index in [1.54, 1.807) is 7.05 Å². The molecule has 0 aliphatic carbocycles. The van der Waals surface area contributed by atoms with Crippen LogP contribution in [0.3, 0.4) is 0 Å². The van der Waals surface area contributed by atoms with E-state index < -0.39 is 0 Å². The molecule has 2 atom stereocenters. The molecule has 1 fully saturated rings. The molecule has 0 bridgehead atoms. The second kappa shape index (κ2) is 8.75. The predicted molar refractivity (Wildman–Crippen MR) is 105 cm³/mol. The summed E-state index contributed by atoms with van der Waals surface area (Å²) in [6.07, 6.45) is 2.16. The molecular weight excluding hydrogens is 421 g/mol. The van der Waals surface area contributed by atoms with Gasteiger partial charge in [-0.25, -0.2) is 0 Å². The summed E-state index contributed by atoms with van der Waals surface area (Å²) in [6, 6.07) is 7.73. The van der Waals surface area contributed by atoms with E-state index in [1.165, 1.54) is 0 Å². The zero-order valence-electron chi connectivity index (χ0n) is 14.2. The molecule has 134 valence electrons. The third-order valence-corrected chi connectivity index (χ3v) is 4.22. The second-order valence-corrected chi connectivity index (χ2v) is 6.21. The number of para-hydroxylation sites is 2. The minimum atomic E-state index is -0.0962. The van der Waals surface area contributed by atoms with E-state index in [1.807, 2.05) is 24.3 Å². The Morgan fingerprint density at radius 3 is 2.79 bits per heavy atom. The van der Waals surface area contributed by atoms with Crippen molar-refractivity contribution in [1.29, 1.82) is 0 Å². The first-order valence-corrected chi connectivity index (χ1v) is 8.15. The summed E-state index contributed by atoms with van der Waals surface area (Å²) in [5.41, 5.74) is -0.0962. The highest BCUT2D eigenvalue weighted by atomic mass is 127. The number of nitrogens with zero attached hydrogens (tertiary/aromatic N) is 1. The van der Waals surface area contributed by atoms with Crippen LogP contribution in [0.2, 0.25) is 0 Å². The van der Waals surface area contributed by atoms with E-state index in [2.05, 4.69) is 22.5 Å². The lowest BCUT2D eigenvalue weighted by atomic mass is 10.0. The summed E-state index contributed by atoms with van der Waals surface area (Å²) >= 11 is 0. The SMILES string of the molecule is CN=C(NCC1COc2ccccc2O1)NCC1(C)CCCO1.I. The molecule has 1 aromatic carbocycles. The van der Waals surface area contributed by atoms with Crippen molar-refractivity contribution in [3.05, 3.63) is 24.3 Å². The summed E-state index contributed by atoms with van der Waals surface area (Å²) in [7, 11) is 1.76. The van der Waals surface area contributed by atoms with Gasteiger partial charge >= 0.3 is 0 Å². The molecule has 2 N–H and O–H groups in total. The molecule has 7 heteroatoms. The van der Waals surface area contributed by atoms with Gasteiger partial charge < -0.3 is 24.8 Å². The molecule has 3 rings (SSSR count). The second-order valence-electron chi connectivity index (χ2n) is 6.21. The topological polar surface area (TPSA) is 64.1 Å². The van der Waals surface area contributed by atoms with Crippen LogP contribution in [-0.2, 0) is 4.74 Å². The Balaban J connectivity index is 0.00000208. The Morgan fingerprint density at radius 1 is 1.29 bits per heavy atom. The van der Waals surface area contributed by atoms with Gasteiger partial charge in [-0.1, -0.05) is 12.1 Å². The molecule has 24 heavy (non-hydrogen) atoms. The fourth-order valence-electron chi connectivity index (χ4n) is 2.84. The fourth-order valence-corrected chi connectivity index (χ4v) is 2.84. The zero-order valence-corrected chi connectivity index (χ0v) is 16.5. The fraction of sp³-hybridized carbons (Fsp3) is 0.588. The quantitative estimate of drug-likeness (QED) is 0.421. The predicted octanol–water partition coefficient (Wildman–Crippen LogP) is 2.18. The minimum Gasteiger partial charge on any atom is -0.486 e. The average molecular weight is 447 g/mol. The van der Waals surface area contributed by atoms with Gasteiger partial charge in [0.1, 0.15) is 12.7 Å². The van der Waals surface area contributed by atoms with Gasteiger partial charge in [0.15, 0.2) is 17.5 Å². The van der Waals surface area contributed by atoms with E-state index in [-0.39, 0.29) is 35.7 Å². The molecule has 0 aromatic heterocycles. The third kappa shape index (κ3) is 4.89. The molecule has 2 unspecified atom stereocenters. The normalized spacial score (nSPS) is 25.8. The molecule has 2 aliphatic rings. The number of hydrogen-bond donors (Lipinski definition) is 2. The van der Waals surface area contributed by atoms with Crippen molar-refractivity contribution in [1.82, 2.24) is 10.6 Å². The van der Waals surface area contributed by atoms with Crippen molar-refractivity contribution in [3.63, 3.8) is 0 Å². The van der Waals surface area contributed by atoms with Crippen LogP contribution in [0.25, 0.3) is 0 Å². The molecule has 1 saturated heterocycles. The van der Waals surface area contributed by atoms with Crippen molar-refractivity contribution in [3.8, 4) is 11.5 Å². The van der Waals surface area contributed by atoms with Gasteiger partial charge in [0, 0.05) is 20.2 Å². The van der Waals surface area contributed by atoms with E-state index in [0.29, 0.717) is 13.2 Å². The summed E-state index contributed by atoms with van der Waals surface area (Å²) in [6.45, 7) is 4.89. The maximum Gasteiger partial charge on any atom is 0.191 e. The van der Waals surface area contributed by atoms with Gasteiger partial charge in [-0.15, -0.1) is 24.0 Å². The third-order valence-electron chi connectivity index (χ3n) is 4.22. The lowest BCUT2D eigenvalue weighted by Crippen LogP contribution is -2.49. The Morgan fingerprint density at radius 2 is 2.08 bits per heavy atom. The van der Waals surface area contributed by atoms with Gasteiger partial charge in [0.05, 0.1) is 12.1 Å². The first-order valence-electron chi connectivity index (χ1n) is 8.15. The number of ether oxygens (including phenoxy) is 3. The first kappa shape index (κ1) is 19.1. The smallest absolute Gasteiger partial charge is 0.191 e. The number of nitrogens with one attached hydrogen (secondary N) is 2. The highest BCUT2D eigenvalue weighted by Crippen LogP contribution is 2.30. The molecule has 0 radical (unpaired) electrons. The largest absolute Gasteiger partial charge is 0.486 e. The molecule has 6 nitrogen and oxygen atoms in total. The first-order chi connectivity index (χ1) is 11.2. The van der Waals surface area contributed by atoms with Crippen LogP contribution < -0.4 is 20.1 Å². The number of halogens is 1. The molecule has 0 spiro atoms. The highest BCUT2D eigenvalue weighted by Gasteiger charge is 2.29. The lowest BCUT2D eigenvalue weighted by molar-refractivity contribution is 0.0242. The van der Waals surface area contributed by atoms with Crippen molar-refractivity contribution < 1.29 is 14.2 Å². The van der Waals surface area contributed by atoms with Crippen molar-refractivity contribution >= 4 is 29.9 Å². The van der Waals surface area contributed by atoms with Crippen LogP contribution in [0.5, 0.6) is 11.5 Å². The van der Waals surface area contributed by atoms with E-state index >= 15 is 0 Å². The summed E-state index contributed by atoms with van der Waals surface area (Å²) in [5.74, 6) is 2.35. The zero-order chi connectivity index (χ0) is 16.1. The summed E-state index contributed by atoms with van der Waals surface area (Å²) in [4.78, 5) is 4.25. The number of aliphatic imine (C=N–C) groups is 1. The van der Waals surface area contributed by atoms with Gasteiger partial charge in [-0.3, -0.25) is 4.99 Å². The molecule has 1 aromatic rings. The summed E-state index contributed by atoms with van der Waals surface area (Å²) in [5, 5.41) is 6.62. The monoisotopic (exact) mass is 447 g/mol. The number of benzene rings is 1. The van der Waals surface area contributed by atoms with Crippen LogP contribution >= 0.6 is 24.0 Å². The number of fused-ring (bicyclic) bond motifs is 1. The van der Waals surface area contributed by atoms with Gasteiger partial charge in [-0.2, -0.15) is 0 Å². The standard InChI is InChI=1S/C17H25N3O3.HI/c1-17(8-5-9-22-17)12-20-16(18-2)19-10-13-11-21-14-6-3-4-7-15(14)23-13;/h3-4,6-7,13H,5,8-12H2,1-2H3,(H2,18,19,20);1H. The van der Waals surface area contributed by atoms with Crippen LogP contribution in [0, 0.1) is 0 Å². The number of hydrogen-bond acceptors (Lipinski definition) is 4. The number of guanidine groups is 1. The average Bonchev–Trinajstić information content (AvgIpc) is 3.02. The van der Waals surface area contributed by atoms with Crippen molar-refractivity contribution in [2.45, 2.75) is 31.5 Å². The van der Waals surface area contributed by atoms with Crippen LogP contribution in [0.1, 0.15) is 19.8 Å². The Hall–Kier alpha value is -1.22. The molecule has 2 aliphatic heterocycles. The minimum absolute atomic E-state index is 0. The molecule has 2 heterocycles. The number of rotatable bonds is 4. The molecular formula is C17H26IN3O3. The molecule has 0 saturated carbocycles. The summed E-state index contributed by atoms with van der Waals surface area (Å²) < 4.78 is 17.4. The Kier molecular flexibility index (Phi) is 6.97. The Labute approximate surface area is 160 Å². The van der Waals surface area contributed by atoms with Gasteiger partial charge in [0.25, 0.3) is 0 Å². The highest BCUT2D eigenvalue weighted by molar-refractivity contribution is 14.0. The Bertz CT molecular complexity index is 562. The molecule has 0 amide bonds. The maximum absolute atomic E-state index is 5.93.